The van der Waals surface area contributed by atoms with Crippen molar-refractivity contribution in [2.24, 2.45) is 0 Å². The molecule has 0 bridgehead atoms. The highest BCUT2D eigenvalue weighted by atomic mass is 15.2. The van der Waals surface area contributed by atoms with Crippen molar-refractivity contribution >= 4 is 43.5 Å². The molecular weight excluding hydrogens is 510 g/mol. The molecule has 0 atom stereocenters. The van der Waals surface area contributed by atoms with E-state index in [4.69, 9.17) is 9.97 Å². The van der Waals surface area contributed by atoms with Gasteiger partial charge in [0, 0.05) is 27.1 Å². The summed E-state index contributed by atoms with van der Waals surface area (Å²) in [5.74, 6) is 0.688. The molecular formula is C39H27N3. The lowest BCUT2D eigenvalue weighted by Crippen LogP contribution is -2.15. The van der Waals surface area contributed by atoms with Gasteiger partial charge in [-0.3, -0.25) is 4.57 Å². The van der Waals surface area contributed by atoms with Crippen LogP contribution in [0.15, 0.2) is 127 Å². The van der Waals surface area contributed by atoms with Gasteiger partial charge in [-0.2, -0.15) is 0 Å². The van der Waals surface area contributed by atoms with Crippen LogP contribution in [-0.4, -0.2) is 14.5 Å². The Kier molecular flexibility index (Phi) is 4.67. The Morgan fingerprint density at radius 3 is 2.10 bits per heavy atom. The standard InChI is InChI=1S/C39H27N3/c1-39(2)32-16-8-5-13-27(32)28-20-19-26(22-33(28)39)37-30-15-6-9-17-34(30)40-38(41-37)42-35-18-10-7-14-29(35)31-21-24-11-3-4-12-25(24)23-36(31)42/h3-23H,1-2H3. The Balaban J connectivity index is 1.34. The number of hydrogen-bond acceptors (Lipinski definition) is 2. The number of rotatable bonds is 2. The van der Waals surface area contributed by atoms with Crippen LogP contribution >= 0.6 is 0 Å². The van der Waals surface area contributed by atoms with Crippen LogP contribution in [0.1, 0.15) is 25.0 Å². The van der Waals surface area contributed by atoms with Crippen molar-refractivity contribution in [3.8, 4) is 28.3 Å². The first-order chi connectivity index (χ1) is 20.6. The van der Waals surface area contributed by atoms with Crippen LogP contribution in [0.4, 0.5) is 0 Å². The number of nitrogens with zero attached hydrogens (tertiary/aromatic N) is 3. The highest BCUT2D eigenvalue weighted by Crippen LogP contribution is 2.49. The van der Waals surface area contributed by atoms with Crippen molar-refractivity contribution in [1.29, 1.82) is 0 Å². The molecule has 42 heavy (non-hydrogen) atoms. The number of benzene rings is 6. The van der Waals surface area contributed by atoms with E-state index < -0.39 is 0 Å². The van der Waals surface area contributed by atoms with Crippen molar-refractivity contribution in [3.63, 3.8) is 0 Å². The number of aromatic nitrogens is 3. The van der Waals surface area contributed by atoms with Crippen LogP contribution < -0.4 is 0 Å². The number of hydrogen-bond donors (Lipinski definition) is 0. The second-order valence-electron chi connectivity index (χ2n) is 11.9. The molecule has 8 aromatic rings. The van der Waals surface area contributed by atoms with E-state index in [2.05, 4.69) is 146 Å². The minimum Gasteiger partial charge on any atom is -0.278 e. The van der Waals surface area contributed by atoms with E-state index in [0.717, 1.165) is 33.2 Å². The first kappa shape index (κ1) is 23.4. The minimum absolute atomic E-state index is 0.0819. The summed E-state index contributed by atoms with van der Waals surface area (Å²) in [6, 6.07) is 45.7. The summed E-state index contributed by atoms with van der Waals surface area (Å²) in [5, 5.41) is 5.90. The topological polar surface area (TPSA) is 30.7 Å². The molecule has 0 unspecified atom stereocenters. The molecule has 1 aliphatic carbocycles. The Labute approximate surface area is 243 Å². The predicted molar refractivity (Wildman–Crippen MR) is 174 cm³/mol. The van der Waals surface area contributed by atoms with Gasteiger partial charge in [0.25, 0.3) is 0 Å². The fourth-order valence-corrected chi connectivity index (χ4v) is 7.11. The Hall–Kier alpha value is -5.28. The van der Waals surface area contributed by atoms with Crippen LogP contribution in [0.3, 0.4) is 0 Å². The molecule has 0 aliphatic heterocycles. The summed E-state index contributed by atoms with van der Waals surface area (Å²) >= 11 is 0. The molecule has 0 amide bonds. The summed E-state index contributed by atoms with van der Waals surface area (Å²) in [6.07, 6.45) is 0. The summed E-state index contributed by atoms with van der Waals surface area (Å²) in [5.41, 5.74) is 10.5. The maximum Gasteiger partial charge on any atom is 0.235 e. The fourth-order valence-electron chi connectivity index (χ4n) is 7.11. The molecule has 3 heteroatoms. The molecule has 0 N–H and O–H groups in total. The van der Waals surface area contributed by atoms with Gasteiger partial charge < -0.3 is 0 Å². The van der Waals surface area contributed by atoms with Crippen LogP contribution in [0.2, 0.25) is 0 Å². The second kappa shape index (κ2) is 8.37. The molecule has 3 nitrogen and oxygen atoms in total. The molecule has 2 aromatic heterocycles. The third-order valence-electron chi connectivity index (χ3n) is 9.19. The summed E-state index contributed by atoms with van der Waals surface area (Å²) in [4.78, 5) is 10.5. The third-order valence-corrected chi connectivity index (χ3v) is 9.19. The zero-order valence-corrected chi connectivity index (χ0v) is 23.5. The van der Waals surface area contributed by atoms with Gasteiger partial charge in [-0.15, -0.1) is 0 Å². The zero-order chi connectivity index (χ0) is 28.0. The van der Waals surface area contributed by atoms with E-state index in [1.54, 1.807) is 0 Å². The fraction of sp³-hybridized carbons (Fsp3) is 0.0769. The first-order valence-corrected chi connectivity index (χ1v) is 14.5. The van der Waals surface area contributed by atoms with Crippen molar-refractivity contribution in [2.45, 2.75) is 19.3 Å². The lowest BCUT2D eigenvalue weighted by molar-refractivity contribution is 0.660. The average Bonchev–Trinajstić information content (AvgIpc) is 3.47. The lowest BCUT2D eigenvalue weighted by Gasteiger charge is -2.22. The van der Waals surface area contributed by atoms with E-state index in [1.165, 1.54) is 43.8 Å². The Morgan fingerprint density at radius 1 is 0.524 bits per heavy atom. The predicted octanol–water partition coefficient (Wildman–Crippen LogP) is 9.85. The Bertz CT molecular complexity index is 2390. The number of fused-ring (bicyclic) bond motifs is 8. The third kappa shape index (κ3) is 3.16. The molecule has 2 heterocycles. The largest absolute Gasteiger partial charge is 0.278 e. The second-order valence-corrected chi connectivity index (χ2v) is 11.9. The van der Waals surface area contributed by atoms with E-state index in [-0.39, 0.29) is 5.41 Å². The van der Waals surface area contributed by atoms with Gasteiger partial charge in [0.15, 0.2) is 0 Å². The molecule has 9 rings (SSSR count). The molecule has 1 aliphatic rings. The van der Waals surface area contributed by atoms with E-state index in [9.17, 15) is 0 Å². The quantitative estimate of drug-likeness (QED) is 0.220. The van der Waals surface area contributed by atoms with Gasteiger partial charge in [-0.1, -0.05) is 111 Å². The van der Waals surface area contributed by atoms with E-state index in [1.807, 2.05) is 0 Å². The molecule has 0 spiro atoms. The molecule has 198 valence electrons. The molecule has 0 radical (unpaired) electrons. The molecule has 0 saturated carbocycles. The molecule has 0 saturated heterocycles. The van der Waals surface area contributed by atoms with Gasteiger partial charge in [-0.25, -0.2) is 9.97 Å². The van der Waals surface area contributed by atoms with Crippen molar-refractivity contribution < 1.29 is 0 Å². The van der Waals surface area contributed by atoms with Crippen LogP contribution in [-0.2, 0) is 5.41 Å². The molecule has 6 aromatic carbocycles. The summed E-state index contributed by atoms with van der Waals surface area (Å²) in [7, 11) is 0. The molecule has 0 fully saturated rings. The van der Waals surface area contributed by atoms with Gasteiger partial charge in [-0.05, 0) is 63.4 Å². The van der Waals surface area contributed by atoms with Crippen LogP contribution in [0.5, 0.6) is 0 Å². The zero-order valence-electron chi connectivity index (χ0n) is 23.5. The van der Waals surface area contributed by atoms with Crippen molar-refractivity contribution in [3.05, 3.63) is 139 Å². The van der Waals surface area contributed by atoms with Gasteiger partial charge in [0.1, 0.15) is 0 Å². The maximum absolute atomic E-state index is 5.37. The van der Waals surface area contributed by atoms with Crippen molar-refractivity contribution in [2.75, 3.05) is 0 Å². The number of para-hydroxylation sites is 2. The first-order valence-electron chi connectivity index (χ1n) is 14.5. The van der Waals surface area contributed by atoms with Crippen LogP contribution in [0.25, 0.3) is 71.8 Å². The van der Waals surface area contributed by atoms with Crippen LogP contribution in [0, 0.1) is 0 Å². The average molecular weight is 538 g/mol. The SMILES string of the molecule is CC1(C)c2ccccc2-c2ccc(-c3nc(-n4c5ccccc5c5cc6ccccc6cc54)nc4ccccc34)cc21. The summed E-state index contributed by atoms with van der Waals surface area (Å²) < 4.78 is 2.24. The Morgan fingerprint density at radius 2 is 1.21 bits per heavy atom. The smallest absolute Gasteiger partial charge is 0.235 e. The summed E-state index contributed by atoms with van der Waals surface area (Å²) in [6.45, 7) is 4.65. The normalized spacial score (nSPS) is 13.7. The highest BCUT2D eigenvalue weighted by molar-refractivity contribution is 6.13. The van der Waals surface area contributed by atoms with E-state index >= 15 is 0 Å². The van der Waals surface area contributed by atoms with Crippen molar-refractivity contribution in [1.82, 2.24) is 14.5 Å². The monoisotopic (exact) mass is 537 g/mol. The van der Waals surface area contributed by atoms with E-state index in [0.29, 0.717) is 5.95 Å². The minimum atomic E-state index is -0.0819. The van der Waals surface area contributed by atoms with Gasteiger partial charge >= 0.3 is 0 Å². The van der Waals surface area contributed by atoms with Gasteiger partial charge in [0.2, 0.25) is 5.95 Å². The lowest BCUT2D eigenvalue weighted by atomic mass is 9.82. The maximum atomic E-state index is 5.37. The van der Waals surface area contributed by atoms with Gasteiger partial charge in [0.05, 0.1) is 22.2 Å². The highest BCUT2D eigenvalue weighted by Gasteiger charge is 2.35.